The van der Waals surface area contributed by atoms with E-state index in [1.807, 2.05) is 22.7 Å². The molecule has 0 fully saturated rings. The molecule has 22 heavy (non-hydrogen) atoms. The minimum Gasteiger partial charge on any atom is -0.351 e. The molecule has 0 radical (unpaired) electrons. The van der Waals surface area contributed by atoms with E-state index in [-0.39, 0.29) is 0 Å². The summed E-state index contributed by atoms with van der Waals surface area (Å²) < 4.78 is 1.84. The van der Waals surface area contributed by atoms with Crippen molar-refractivity contribution < 1.29 is 0 Å². The van der Waals surface area contributed by atoms with Crippen LogP contribution in [-0.4, -0.2) is 26.4 Å². The summed E-state index contributed by atoms with van der Waals surface area (Å²) in [5.41, 5.74) is 3.45. The number of nitrogens with zero attached hydrogens (tertiary/aromatic N) is 5. The lowest BCUT2D eigenvalue weighted by Crippen LogP contribution is -2.31. The first-order valence-corrected chi connectivity index (χ1v) is 7.86. The summed E-state index contributed by atoms with van der Waals surface area (Å²) in [6.07, 6.45) is 1.80. The molecule has 0 unspecified atom stereocenters. The lowest BCUT2D eigenvalue weighted by molar-refractivity contribution is 0.702. The summed E-state index contributed by atoms with van der Waals surface area (Å²) in [6, 6.07) is 10.1. The maximum atomic E-state index is 6.07. The molecular formula is C16H16ClN5. The monoisotopic (exact) mass is 313 g/mol. The number of anilines is 1. The fraction of sp³-hybridized carbons (Fsp3) is 0.312. The summed E-state index contributed by atoms with van der Waals surface area (Å²) in [5.74, 6) is 1.85. The van der Waals surface area contributed by atoms with Crippen molar-refractivity contribution in [3.8, 4) is 0 Å². The van der Waals surface area contributed by atoms with Crippen molar-refractivity contribution in [2.24, 2.45) is 0 Å². The second-order valence-corrected chi connectivity index (χ2v) is 5.95. The summed E-state index contributed by atoms with van der Waals surface area (Å²) in [4.78, 5) is 2.29. The highest BCUT2D eigenvalue weighted by molar-refractivity contribution is 6.30. The number of hydrogen-bond donors (Lipinski definition) is 0. The first-order valence-electron chi connectivity index (χ1n) is 7.48. The van der Waals surface area contributed by atoms with Crippen LogP contribution in [0.2, 0.25) is 5.02 Å². The normalized spacial score (nSPS) is 14.4. The molecule has 0 saturated carbocycles. The lowest BCUT2D eigenvalue weighted by atomic mass is 10.00. The standard InChI is InChI=1S/C16H16ClN5/c1-2-14-18-19-15-5-6-16(20-22(14)15)21-8-7-11-9-13(17)4-3-12(11)10-21/h3-6,9H,2,7-8,10H2,1H3. The van der Waals surface area contributed by atoms with Crippen molar-refractivity contribution in [2.45, 2.75) is 26.3 Å². The van der Waals surface area contributed by atoms with Crippen LogP contribution in [0.3, 0.4) is 0 Å². The Bertz CT molecular complexity index is 842. The zero-order chi connectivity index (χ0) is 15.1. The fourth-order valence-corrected chi connectivity index (χ4v) is 3.12. The topological polar surface area (TPSA) is 46.3 Å². The van der Waals surface area contributed by atoms with Gasteiger partial charge in [0, 0.05) is 24.5 Å². The number of aromatic nitrogens is 4. The average Bonchev–Trinajstić information content (AvgIpc) is 2.96. The zero-order valence-electron chi connectivity index (χ0n) is 12.3. The van der Waals surface area contributed by atoms with Crippen LogP contribution in [0.5, 0.6) is 0 Å². The molecule has 4 rings (SSSR count). The first kappa shape index (κ1) is 13.5. The predicted molar refractivity (Wildman–Crippen MR) is 86.4 cm³/mol. The molecule has 0 aliphatic carbocycles. The maximum absolute atomic E-state index is 6.07. The molecule has 0 atom stereocenters. The van der Waals surface area contributed by atoms with Crippen LogP contribution in [0, 0.1) is 0 Å². The Balaban J connectivity index is 1.69. The van der Waals surface area contributed by atoms with Gasteiger partial charge in [0.15, 0.2) is 11.5 Å². The van der Waals surface area contributed by atoms with E-state index in [1.165, 1.54) is 11.1 Å². The average molecular weight is 314 g/mol. The molecule has 3 aromatic rings. The molecule has 5 nitrogen and oxygen atoms in total. The van der Waals surface area contributed by atoms with Crippen LogP contribution in [0.25, 0.3) is 5.65 Å². The van der Waals surface area contributed by atoms with Gasteiger partial charge in [0.25, 0.3) is 0 Å². The quantitative estimate of drug-likeness (QED) is 0.730. The van der Waals surface area contributed by atoms with Crippen molar-refractivity contribution in [3.63, 3.8) is 0 Å². The van der Waals surface area contributed by atoms with E-state index in [1.54, 1.807) is 0 Å². The Hall–Kier alpha value is -2.14. The Labute approximate surface area is 133 Å². The van der Waals surface area contributed by atoms with Crippen LogP contribution in [0.15, 0.2) is 30.3 Å². The Morgan fingerprint density at radius 1 is 1.14 bits per heavy atom. The van der Waals surface area contributed by atoms with Gasteiger partial charge in [-0.05, 0) is 41.8 Å². The van der Waals surface area contributed by atoms with E-state index >= 15 is 0 Å². The van der Waals surface area contributed by atoms with E-state index in [0.717, 1.165) is 48.2 Å². The smallest absolute Gasteiger partial charge is 0.178 e. The fourth-order valence-electron chi connectivity index (χ4n) is 2.93. The van der Waals surface area contributed by atoms with Crippen LogP contribution >= 0.6 is 11.6 Å². The van der Waals surface area contributed by atoms with Gasteiger partial charge in [-0.1, -0.05) is 24.6 Å². The zero-order valence-corrected chi connectivity index (χ0v) is 13.1. The lowest BCUT2D eigenvalue weighted by Gasteiger charge is -2.29. The highest BCUT2D eigenvalue weighted by Gasteiger charge is 2.18. The molecule has 112 valence electrons. The van der Waals surface area contributed by atoms with Gasteiger partial charge in [0.05, 0.1) is 0 Å². The minimum absolute atomic E-state index is 0.796. The number of benzene rings is 1. The van der Waals surface area contributed by atoms with E-state index in [2.05, 4.69) is 34.2 Å². The molecule has 0 amide bonds. The second-order valence-electron chi connectivity index (χ2n) is 5.52. The van der Waals surface area contributed by atoms with E-state index in [4.69, 9.17) is 16.7 Å². The highest BCUT2D eigenvalue weighted by atomic mass is 35.5. The molecule has 0 bridgehead atoms. The van der Waals surface area contributed by atoms with Crippen molar-refractivity contribution in [1.29, 1.82) is 0 Å². The van der Waals surface area contributed by atoms with Crippen molar-refractivity contribution >= 4 is 23.1 Å². The van der Waals surface area contributed by atoms with Gasteiger partial charge in [-0.15, -0.1) is 15.3 Å². The summed E-state index contributed by atoms with van der Waals surface area (Å²) in [7, 11) is 0. The predicted octanol–water partition coefficient (Wildman–Crippen LogP) is 2.90. The van der Waals surface area contributed by atoms with E-state index in [9.17, 15) is 0 Å². The summed E-state index contributed by atoms with van der Waals surface area (Å²) in [5, 5.41) is 13.8. The highest BCUT2D eigenvalue weighted by Crippen LogP contribution is 2.25. The molecule has 0 spiro atoms. The van der Waals surface area contributed by atoms with Gasteiger partial charge >= 0.3 is 0 Å². The first-order chi connectivity index (χ1) is 10.7. The van der Waals surface area contributed by atoms with Gasteiger partial charge < -0.3 is 4.90 Å². The number of hydrogen-bond acceptors (Lipinski definition) is 4. The molecule has 1 aliphatic rings. The molecular weight excluding hydrogens is 298 g/mol. The Kier molecular flexibility index (Phi) is 3.22. The molecule has 0 saturated heterocycles. The van der Waals surface area contributed by atoms with Crippen LogP contribution < -0.4 is 4.90 Å². The molecule has 3 heterocycles. The third kappa shape index (κ3) is 2.22. The van der Waals surface area contributed by atoms with Gasteiger partial charge in [-0.25, -0.2) is 0 Å². The molecule has 1 aliphatic heterocycles. The van der Waals surface area contributed by atoms with Crippen LogP contribution in [-0.2, 0) is 19.4 Å². The van der Waals surface area contributed by atoms with E-state index < -0.39 is 0 Å². The number of aryl methyl sites for hydroxylation is 1. The van der Waals surface area contributed by atoms with Gasteiger partial charge in [-0.2, -0.15) is 4.52 Å². The second kappa shape index (κ2) is 5.25. The molecule has 1 aromatic carbocycles. The summed E-state index contributed by atoms with van der Waals surface area (Å²) >= 11 is 6.07. The number of rotatable bonds is 2. The maximum Gasteiger partial charge on any atom is 0.178 e. The van der Waals surface area contributed by atoms with Crippen molar-refractivity contribution in [1.82, 2.24) is 19.8 Å². The van der Waals surface area contributed by atoms with Crippen molar-refractivity contribution in [2.75, 3.05) is 11.4 Å². The third-order valence-electron chi connectivity index (χ3n) is 4.13. The van der Waals surface area contributed by atoms with E-state index in [0.29, 0.717) is 0 Å². The van der Waals surface area contributed by atoms with Gasteiger partial charge in [0.1, 0.15) is 5.82 Å². The molecule has 0 N–H and O–H groups in total. The van der Waals surface area contributed by atoms with Gasteiger partial charge in [0.2, 0.25) is 0 Å². The summed E-state index contributed by atoms with van der Waals surface area (Å²) in [6.45, 7) is 3.86. The van der Waals surface area contributed by atoms with Gasteiger partial charge in [-0.3, -0.25) is 0 Å². The van der Waals surface area contributed by atoms with Crippen molar-refractivity contribution in [3.05, 3.63) is 52.3 Å². The third-order valence-corrected chi connectivity index (χ3v) is 4.37. The molecule has 2 aromatic heterocycles. The number of fused-ring (bicyclic) bond motifs is 2. The largest absolute Gasteiger partial charge is 0.351 e. The minimum atomic E-state index is 0.796. The number of halogens is 1. The van der Waals surface area contributed by atoms with Crippen LogP contribution in [0.1, 0.15) is 23.9 Å². The van der Waals surface area contributed by atoms with Crippen LogP contribution in [0.4, 0.5) is 5.82 Å². The SMILES string of the molecule is CCc1nnc2ccc(N3CCc4cc(Cl)ccc4C3)nn12. The molecule has 6 heteroatoms. The Morgan fingerprint density at radius 2 is 2.05 bits per heavy atom. The Morgan fingerprint density at radius 3 is 2.91 bits per heavy atom.